The van der Waals surface area contributed by atoms with Crippen molar-refractivity contribution in [1.82, 2.24) is 15.2 Å². The third-order valence-corrected chi connectivity index (χ3v) is 4.43. The molecule has 0 amide bonds. The number of hydrogen-bond acceptors (Lipinski definition) is 7. The van der Waals surface area contributed by atoms with Gasteiger partial charge in [0, 0.05) is 4.47 Å². The summed E-state index contributed by atoms with van der Waals surface area (Å²) in [7, 11) is 0. The maximum atomic E-state index is 11.8. The van der Waals surface area contributed by atoms with E-state index in [4.69, 9.17) is 9.15 Å². The second-order valence-electron chi connectivity index (χ2n) is 6.25. The van der Waals surface area contributed by atoms with E-state index in [1.165, 1.54) is 0 Å². The molecule has 0 fully saturated rings. The number of halogens is 1. The number of ether oxygens (including phenoxy) is 1. The minimum atomic E-state index is -0.533. The Hall–Kier alpha value is -1.80. The molecule has 0 bridgehead atoms. The van der Waals surface area contributed by atoms with Crippen LogP contribution >= 0.6 is 27.3 Å². The van der Waals surface area contributed by atoms with Crippen LogP contribution in [0.2, 0.25) is 0 Å². The van der Waals surface area contributed by atoms with E-state index in [2.05, 4.69) is 31.1 Å². The zero-order valence-corrected chi connectivity index (χ0v) is 15.9. The van der Waals surface area contributed by atoms with Crippen molar-refractivity contribution in [2.24, 2.45) is 0 Å². The molecule has 8 heteroatoms. The summed E-state index contributed by atoms with van der Waals surface area (Å²) in [5.74, 6) is 0.303. The highest BCUT2D eigenvalue weighted by molar-refractivity contribution is 9.10. The number of hydrogen-bond donors (Lipinski definition) is 0. The fraction of sp³-hybridized carbons (Fsp3) is 0.375. The largest absolute Gasteiger partial charge is 0.460 e. The summed E-state index contributed by atoms with van der Waals surface area (Å²) in [5.41, 5.74) is 0.404. The molecule has 0 aliphatic heterocycles. The Balaban J connectivity index is 1.67. The van der Waals surface area contributed by atoms with Gasteiger partial charge in [-0.15, -0.1) is 21.5 Å². The first-order valence-electron chi connectivity index (χ1n) is 7.36. The van der Waals surface area contributed by atoms with Crippen LogP contribution in [0.3, 0.4) is 0 Å². The summed E-state index contributed by atoms with van der Waals surface area (Å²) in [6.45, 7) is 5.45. The molecule has 2 aromatic heterocycles. The zero-order valence-electron chi connectivity index (χ0n) is 13.5. The fourth-order valence-electron chi connectivity index (χ4n) is 2.08. The number of benzene rings is 1. The number of carbonyl (C=O) groups excluding carboxylic acids is 1. The van der Waals surface area contributed by atoms with Crippen molar-refractivity contribution in [2.45, 2.75) is 39.2 Å². The smallest absolute Gasteiger partial charge is 0.315 e. The van der Waals surface area contributed by atoms with Crippen LogP contribution in [0.1, 0.15) is 37.6 Å². The van der Waals surface area contributed by atoms with E-state index < -0.39 is 5.60 Å². The second-order valence-corrected chi connectivity index (χ2v) is 8.28. The monoisotopic (exact) mass is 409 g/mol. The van der Waals surface area contributed by atoms with Gasteiger partial charge in [0.05, 0.1) is 16.6 Å². The lowest BCUT2D eigenvalue weighted by atomic mass is 10.2. The molecule has 24 heavy (non-hydrogen) atoms. The average molecular weight is 410 g/mol. The molecule has 0 radical (unpaired) electrons. The van der Waals surface area contributed by atoms with Crippen LogP contribution in [-0.4, -0.2) is 26.8 Å². The summed E-state index contributed by atoms with van der Waals surface area (Å²) >= 11 is 5.03. The van der Waals surface area contributed by atoms with Crippen LogP contribution in [0, 0.1) is 0 Å². The Morgan fingerprint density at radius 1 is 1.29 bits per heavy atom. The Labute approximate surface area is 151 Å². The van der Waals surface area contributed by atoms with Crippen LogP contribution in [0.25, 0.3) is 10.2 Å². The molecule has 0 aliphatic rings. The van der Waals surface area contributed by atoms with E-state index in [1.807, 2.05) is 39.0 Å². The van der Waals surface area contributed by atoms with Gasteiger partial charge in [-0.1, -0.05) is 15.9 Å². The molecule has 3 rings (SSSR count). The fourth-order valence-corrected chi connectivity index (χ4v) is 3.59. The first-order chi connectivity index (χ1) is 11.3. The van der Waals surface area contributed by atoms with E-state index in [-0.39, 0.29) is 18.3 Å². The number of fused-ring (bicyclic) bond motifs is 1. The van der Waals surface area contributed by atoms with Crippen molar-refractivity contribution in [3.63, 3.8) is 0 Å². The van der Waals surface area contributed by atoms with Crippen molar-refractivity contribution in [3.8, 4) is 0 Å². The highest BCUT2D eigenvalue weighted by Crippen LogP contribution is 2.26. The molecular weight excluding hydrogens is 394 g/mol. The molecule has 6 nitrogen and oxygen atoms in total. The van der Waals surface area contributed by atoms with Crippen molar-refractivity contribution >= 4 is 43.5 Å². The number of aromatic nitrogens is 3. The van der Waals surface area contributed by atoms with Crippen LogP contribution in [-0.2, 0) is 22.4 Å². The van der Waals surface area contributed by atoms with Gasteiger partial charge in [-0.25, -0.2) is 4.98 Å². The van der Waals surface area contributed by atoms with Crippen molar-refractivity contribution in [1.29, 1.82) is 0 Å². The van der Waals surface area contributed by atoms with Gasteiger partial charge in [-0.2, -0.15) is 0 Å². The maximum Gasteiger partial charge on any atom is 0.315 e. The molecule has 2 heterocycles. The van der Waals surface area contributed by atoms with E-state index >= 15 is 0 Å². The van der Waals surface area contributed by atoms with Crippen LogP contribution in [0.15, 0.2) is 27.1 Å². The summed E-state index contributed by atoms with van der Waals surface area (Å²) in [5, 5.41) is 8.77. The minimum Gasteiger partial charge on any atom is -0.460 e. The first-order valence-corrected chi connectivity index (χ1v) is 8.97. The van der Waals surface area contributed by atoms with Gasteiger partial charge in [0.15, 0.2) is 0 Å². The van der Waals surface area contributed by atoms with Gasteiger partial charge in [0.2, 0.25) is 11.8 Å². The first kappa shape index (κ1) is 17.0. The van der Waals surface area contributed by atoms with Crippen molar-refractivity contribution in [3.05, 3.63) is 39.5 Å². The van der Waals surface area contributed by atoms with Gasteiger partial charge in [0.1, 0.15) is 17.0 Å². The van der Waals surface area contributed by atoms with Gasteiger partial charge < -0.3 is 9.15 Å². The predicted molar refractivity (Wildman–Crippen MR) is 94.0 cm³/mol. The average Bonchev–Trinajstić information content (AvgIpc) is 3.02. The van der Waals surface area contributed by atoms with Crippen molar-refractivity contribution < 1.29 is 13.9 Å². The number of esters is 1. The predicted octanol–water partition coefficient (Wildman–Crippen LogP) is 3.92. The van der Waals surface area contributed by atoms with Gasteiger partial charge >= 0.3 is 5.97 Å². The number of nitrogens with zero attached hydrogens (tertiary/aromatic N) is 3. The van der Waals surface area contributed by atoms with Gasteiger partial charge in [-0.3, -0.25) is 4.79 Å². The summed E-state index contributed by atoms with van der Waals surface area (Å²) in [6.07, 6.45) is 0.412. The molecular formula is C16H16BrN3O3S. The molecule has 0 aliphatic carbocycles. The quantitative estimate of drug-likeness (QED) is 0.607. The standard InChI is InChI=1S/C16H16BrN3O3S/c1-16(2,3)23-15(21)8-13-20-19-12(22-13)7-14-18-10-5-4-9(17)6-11(10)24-14/h4-6H,7-8H2,1-3H3. The van der Waals surface area contributed by atoms with Crippen LogP contribution in [0.4, 0.5) is 0 Å². The Bertz CT molecular complexity index is 882. The Morgan fingerprint density at radius 2 is 2.04 bits per heavy atom. The highest BCUT2D eigenvalue weighted by atomic mass is 79.9. The lowest BCUT2D eigenvalue weighted by molar-refractivity contribution is -0.154. The van der Waals surface area contributed by atoms with Crippen LogP contribution in [0.5, 0.6) is 0 Å². The molecule has 0 N–H and O–H groups in total. The molecule has 0 atom stereocenters. The number of rotatable bonds is 4. The van der Waals surface area contributed by atoms with Gasteiger partial charge in [0.25, 0.3) is 0 Å². The highest BCUT2D eigenvalue weighted by Gasteiger charge is 2.19. The second kappa shape index (κ2) is 6.60. The van der Waals surface area contributed by atoms with Crippen LogP contribution < -0.4 is 0 Å². The molecule has 0 saturated heterocycles. The van der Waals surface area contributed by atoms with E-state index in [1.54, 1.807) is 11.3 Å². The third kappa shape index (κ3) is 4.39. The molecule has 126 valence electrons. The lowest BCUT2D eigenvalue weighted by Gasteiger charge is -2.18. The third-order valence-electron chi connectivity index (χ3n) is 2.92. The number of carbonyl (C=O) groups is 1. The minimum absolute atomic E-state index is 0.0307. The Morgan fingerprint density at radius 3 is 2.79 bits per heavy atom. The van der Waals surface area contributed by atoms with Crippen molar-refractivity contribution in [2.75, 3.05) is 0 Å². The number of thiazole rings is 1. The van der Waals surface area contributed by atoms with Gasteiger partial charge in [-0.05, 0) is 39.0 Å². The maximum absolute atomic E-state index is 11.8. The van der Waals surface area contributed by atoms with E-state index in [9.17, 15) is 4.79 Å². The topological polar surface area (TPSA) is 78.1 Å². The zero-order chi connectivity index (χ0) is 17.3. The summed E-state index contributed by atoms with van der Waals surface area (Å²) in [6, 6.07) is 5.94. The van der Waals surface area contributed by atoms with E-state index in [0.29, 0.717) is 12.3 Å². The normalized spacial score (nSPS) is 11.8. The summed E-state index contributed by atoms with van der Waals surface area (Å²) in [4.78, 5) is 16.3. The molecule has 0 saturated carbocycles. The molecule has 3 aromatic rings. The molecule has 0 spiro atoms. The lowest BCUT2D eigenvalue weighted by Crippen LogP contribution is -2.24. The summed E-state index contributed by atoms with van der Waals surface area (Å²) < 4.78 is 12.9. The van der Waals surface area contributed by atoms with E-state index in [0.717, 1.165) is 19.7 Å². The molecule has 1 aromatic carbocycles. The Kier molecular flexibility index (Phi) is 4.69. The molecule has 0 unspecified atom stereocenters. The SMILES string of the molecule is CC(C)(C)OC(=O)Cc1nnc(Cc2nc3ccc(Br)cc3s2)o1.